The molecule has 3 aromatic rings. The van der Waals surface area contributed by atoms with Gasteiger partial charge in [0.2, 0.25) is 0 Å². The topological polar surface area (TPSA) is 126 Å². The summed E-state index contributed by atoms with van der Waals surface area (Å²) in [6.45, 7) is 0. The number of anilines is 1. The van der Waals surface area contributed by atoms with Crippen molar-refractivity contribution in [3.8, 4) is 11.1 Å². The molecule has 0 saturated carbocycles. The first-order valence-electron chi connectivity index (χ1n) is 9.12. The van der Waals surface area contributed by atoms with Crippen molar-refractivity contribution in [2.24, 2.45) is 5.73 Å². The van der Waals surface area contributed by atoms with Gasteiger partial charge in [-0.25, -0.2) is 9.59 Å². The van der Waals surface area contributed by atoms with Gasteiger partial charge in [0.15, 0.2) is 6.04 Å². The molecule has 1 atom stereocenters. The highest BCUT2D eigenvalue weighted by Crippen LogP contribution is 2.33. The average Bonchev–Trinajstić information content (AvgIpc) is 2.77. The van der Waals surface area contributed by atoms with Crippen molar-refractivity contribution >= 4 is 35.9 Å². The van der Waals surface area contributed by atoms with E-state index >= 15 is 0 Å². The summed E-state index contributed by atoms with van der Waals surface area (Å²) in [4.78, 5) is 24.3. The zero-order valence-electron chi connectivity index (χ0n) is 16.7. The van der Waals surface area contributed by atoms with Crippen LogP contribution in [-0.4, -0.2) is 30.0 Å². The summed E-state index contributed by atoms with van der Waals surface area (Å²) in [6, 6.07) is 19.6. The number of nitrogen functional groups attached to an aromatic ring is 1. The van der Waals surface area contributed by atoms with Crippen LogP contribution in [-0.2, 0) is 9.53 Å². The van der Waals surface area contributed by atoms with Crippen LogP contribution in [0, 0.1) is 5.41 Å². The molecular weight excluding hydrogens is 418 g/mol. The third kappa shape index (κ3) is 5.21. The minimum absolute atomic E-state index is 0. The Morgan fingerprint density at radius 1 is 0.968 bits per heavy atom. The van der Waals surface area contributed by atoms with E-state index in [1.54, 1.807) is 66.7 Å². The maximum atomic E-state index is 12.6. The van der Waals surface area contributed by atoms with Crippen molar-refractivity contribution in [2.75, 3.05) is 12.4 Å². The number of rotatable bonds is 7. The fourth-order valence-corrected chi connectivity index (χ4v) is 3.19. The molecule has 1 unspecified atom stereocenters. The molecule has 0 aliphatic rings. The van der Waals surface area contributed by atoms with Crippen molar-refractivity contribution in [3.63, 3.8) is 0 Å². The van der Waals surface area contributed by atoms with Crippen LogP contribution < -0.4 is 11.1 Å². The molecule has 3 rings (SSSR count). The van der Waals surface area contributed by atoms with Gasteiger partial charge < -0.3 is 20.9 Å². The number of nitrogens with two attached hydrogens (primary N) is 1. The molecule has 0 radical (unpaired) electrons. The van der Waals surface area contributed by atoms with Gasteiger partial charge in [0.05, 0.1) is 12.7 Å². The zero-order valence-corrected chi connectivity index (χ0v) is 17.5. The predicted octanol–water partition coefficient (Wildman–Crippen LogP) is 4.08. The van der Waals surface area contributed by atoms with Gasteiger partial charge in [-0.3, -0.25) is 5.41 Å². The van der Waals surface area contributed by atoms with Gasteiger partial charge >= 0.3 is 11.9 Å². The summed E-state index contributed by atoms with van der Waals surface area (Å²) in [5, 5.41) is 20.2. The monoisotopic (exact) mass is 439 g/mol. The fourth-order valence-electron chi connectivity index (χ4n) is 3.19. The minimum atomic E-state index is -1.05. The number of benzene rings is 3. The first kappa shape index (κ1) is 23.4. The lowest BCUT2D eigenvalue weighted by Gasteiger charge is -2.22. The van der Waals surface area contributed by atoms with E-state index in [1.807, 2.05) is 0 Å². The van der Waals surface area contributed by atoms with E-state index in [1.165, 1.54) is 13.2 Å². The van der Waals surface area contributed by atoms with Crippen LogP contribution in [0.25, 0.3) is 11.1 Å². The Hall–Kier alpha value is -3.84. The summed E-state index contributed by atoms with van der Waals surface area (Å²) in [5.41, 5.74) is 8.50. The van der Waals surface area contributed by atoms with E-state index < -0.39 is 18.0 Å². The molecular formula is C23H22ClN3O4. The van der Waals surface area contributed by atoms with Gasteiger partial charge in [-0.05, 0) is 47.0 Å². The molecule has 160 valence electrons. The molecule has 0 fully saturated rings. The number of esters is 1. The van der Waals surface area contributed by atoms with E-state index in [-0.39, 0.29) is 23.8 Å². The van der Waals surface area contributed by atoms with Gasteiger partial charge in [-0.15, -0.1) is 12.4 Å². The normalized spacial score (nSPS) is 11.0. The highest BCUT2D eigenvalue weighted by molar-refractivity contribution is 5.97. The van der Waals surface area contributed by atoms with E-state index in [4.69, 9.17) is 15.9 Å². The Balaban J connectivity index is 0.00000341. The Morgan fingerprint density at radius 3 is 2.13 bits per heavy atom. The van der Waals surface area contributed by atoms with Crippen LogP contribution in [0.5, 0.6) is 0 Å². The Morgan fingerprint density at radius 2 is 1.55 bits per heavy atom. The highest BCUT2D eigenvalue weighted by Gasteiger charge is 2.26. The molecule has 3 aromatic carbocycles. The molecule has 7 nitrogen and oxygen atoms in total. The van der Waals surface area contributed by atoms with Crippen molar-refractivity contribution < 1.29 is 19.4 Å². The summed E-state index contributed by atoms with van der Waals surface area (Å²) in [7, 11) is 1.30. The second-order valence-corrected chi connectivity index (χ2v) is 6.53. The quantitative estimate of drug-likeness (QED) is 0.249. The number of halogens is 1. The molecule has 0 heterocycles. The molecule has 0 saturated heterocycles. The van der Waals surface area contributed by atoms with E-state index in [2.05, 4.69) is 5.32 Å². The number of hydrogen-bond acceptors (Lipinski definition) is 5. The van der Waals surface area contributed by atoms with Crippen LogP contribution in [0.3, 0.4) is 0 Å². The maximum absolute atomic E-state index is 12.6. The lowest BCUT2D eigenvalue weighted by molar-refractivity contribution is -0.141. The van der Waals surface area contributed by atoms with Gasteiger partial charge in [-0.2, -0.15) is 0 Å². The number of nitrogens with one attached hydrogen (secondary N) is 2. The average molecular weight is 440 g/mol. The summed E-state index contributed by atoms with van der Waals surface area (Å²) in [6.07, 6.45) is 0. The zero-order chi connectivity index (χ0) is 21.7. The molecule has 0 aliphatic carbocycles. The standard InChI is InChI=1S/C23H21N3O4.ClH/c1-30-23(29)20(26-15-12-10-14(11-13-15)21(24)25)18-8-4-2-6-16(18)17-7-3-5-9-19(17)22(27)28;/h2-13,20,26H,1H3,(H3,24,25)(H,27,28);1H. The van der Waals surface area contributed by atoms with Crippen LogP contribution in [0.2, 0.25) is 0 Å². The number of methoxy groups -OCH3 is 1. The van der Waals surface area contributed by atoms with E-state index in [0.29, 0.717) is 27.9 Å². The molecule has 0 bridgehead atoms. The predicted molar refractivity (Wildman–Crippen MR) is 122 cm³/mol. The molecule has 8 heteroatoms. The van der Waals surface area contributed by atoms with Crippen molar-refractivity contribution in [3.05, 3.63) is 89.5 Å². The first-order chi connectivity index (χ1) is 14.4. The third-order valence-corrected chi connectivity index (χ3v) is 4.66. The van der Waals surface area contributed by atoms with Gasteiger partial charge in [0, 0.05) is 11.3 Å². The van der Waals surface area contributed by atoms with E-state index in [9.17, 15) is 14.7 Å². The Labute approximate surface area is 185 Å². The van der Waals surface area contributed by atoms with Crippen LogP contribution in [0.4, 0.5) is 5.69 Å². The Kier molecular flexibility index (Phi) is 7.76. The van der Waals surface area contributed by atoms with Crippen molar-refractivity contribution in [1.82, 2.24) is 0 Å². The highest BCUT2D eigenvalue weighted by atomic mass is 35.5. The Bertz CT molecular complexity index is 1100. The second-order valence-electron chi connectivity index (χ2n) is 6.53. The molecule has 0 aliphatic heterocycles. The molecule has 31 heavy (non-hydrogen) atoms. The fraction of sp³-hybridized carbons (Fsp3) is 0.0870. The van der Waals surface area contributed by atoms with Gasteiger partial charge in [0.1, 0.15) is 5.84 Å². The number of hydrogen-bond donors (Lipinski definition) is 4. The number of ether oxygens (including phenoxy) is 1. The first-order valence-corrected chi connectivity index (χ1v) is 9.12. The molecule has 0 aromatic heterocycles. The molecule has 0 amide bonds. The third-order valence-electron chi connectivity index (χ3n) is 4.66. The number of carboxylic acid groups (broad SMARTS) is 1. The lowest BCUT2D eigenvalue weighted by Crippen LogP contribution is -2.23. The van der Waals surface area contributed by atoms with Crippen LogP contribution in [0.1, 0.15) is 27.5 Å². The largest absolute Gasteiger partial charge is 0.478 e. The summed E-state index contributed by atoms with van der Waals surface area (Å²) < 4.78 is 5.00. The van der Waals surface area contributed by atoms with Gasteiger partial charge in [-0.1, -0.05) is 42.5 Å². The number of carbonyl (C=O) groups is 2. The van der Waals surface area contributed by atoms with Crippen LogP contribution >= 0.6 is 12.4 Å². The van der Waals surface area contributed by atoms with Crippen LogP contribution in [0.15, 0.2) is 72.8 Å². The molecule has 5 N–H and O–H groups in total. The van der Waals surface area contributed by atoms with E-state index in [0.717, 1.165) is 0 Å². The van der Waals surface area contributed by atoms with Gasteiger partial charge in [0.25, 0.3) is 0 Å². The van der Waals surface area contributed by atoms with Crippen molar-refractivity contribution in [1.29, 1.82) is 5.41 Å². The second kappa shape index (κ2) is 10.3. The summed E-state index contributed by atoms with van der Waals surface area (Å²) >= 11 is 0. The maximum Gasteiger partial charge on any atom is 0.336 e. The number of aromatic carboxylic acids is 1. The van der Waals surface area contributed by atoms with Crippen molar-refractivity contribution in [2.45, 2.75) is 6.04 Å². The summed E-state index contributed by atoms with van der Waals surface area (Å²) in [5.74, 6) is -1.63. The number of carbonyl (C=O) groups excluding carboxylic acids is 1. The SMILES string of the molecule is COC(=O)C(Nc1ccc(C(=N)N)cc1)c1ccccc1-c1ccccc1C(=O)O.Cl. The molecule has 0 spiro atoms. The number of carboxylic acids is 1. The number of amidine groups is 1. The lowest BCUT2D eigenvalue weighted by atomic mass is 9.91. The minimum Gasteiger partial charge on any atom is -0.478 e. The smallest absolute Gasteiger partial charge is 0.336 e.